The fourth-order valence-corrected chi connectivity index (χ4v) is 3.26. The second-order valence-corrected chi connectivity index (χ2v) is 9.57. The average Bonchev–Trinajstić information content (AvgIpc) is 2.87. The van der Waals surface area contributed by atoms with Crippen molar-refractivity contribution in [3.05, 3.63) is 11.1 Å². The van der Waals surface area contributed by atoms with Gasteiger partial charge in [0.05, 0.1) is 0 Å². The van der Waals surface area contributed by atoms with Crippen LogP contribution in [0.25, 0.3) is 0 Å². The lowest BCUT2D eigenvalue weighted by Gasteiger charge is -2.40. The van der Waals surface area contributed by atoms with E-state index in [-0.39, 0.29) is 0 Å². The number of carboxylic acid groups (broad SMARTS) is 2. The van der Waals surface area contributed by atoms with Gasteiger partial charge in [-0.15, -0.1) is 0 Å². The van der Waals surface area contributed by atoms with Crippen LogP contribution in [0.2, 0.25) is 0 Å². The van der Waals surface area contributed by atoms with E-state index in [0.29, 0.717) is 0 Å². The van der Waals surface area contributed by atoms with Crippen molar-refractivity contribution in [2.45, 2.75) is 97.3 Å². The summed E-state index contributed by atoms with van der Waals surface area (Å²) in [5.74, 6) is -87.4. The van der Waals surface area contributed by atoms with Crippen LogP contribution < -0.4 is 0 Å². The number of alkyl halides is 26. The molecule has 4 nitrogen and oxygen atoms in total. The molecule has 0 heterocycles. The Bertz CT molecular complexity index is 1210. The molecule has 0 rings (SSSR count). The van der Waals surface area contributed by atoms with E-state index in [1.807, 2.05) is 0 Å². The fourth-order valence-electron chi connectivity index (χ4n) is 3.26. The molecule has 2 N–H and O–H groups in total. The zero-order valence-electron chi connectivity index (χ0n) is 22.4. The topological polar surface area (TPSA) is 74.6 Å². The molecule has 0 fully saturated rings. The van der Waals surface area contributed by atoms with Crippen LogP contribution in [0.15, 0.2) is 11.1 Å². The number of hydrogen-bond donors (Lipinski definition) is 2. The summed E-state index contributed by atoms with van der Waals surface area (Å²) < 4.78 is 343. The molecule has 0 aliphatic heterocycles. The maximum atomic E-state index is 14.0. The van der Waals surface area contributed by atoms with Crippen molar-refractivity contribution >= 4 is 11.9 Å². The molecule has 0 bridgehead atoms. The standard InChI is InChI=1S/C20H10F26O4/c21-9(22,11(25,26)13(29,30)15(33,34)17(37,38)19(41,42)43)3-1-5(7(47)48)6(8(49)50)2-4-10(23,24)12(27,28)14(31,32)16(35,36)18(39,40)20(44,45)46/h1-4H2,(H,47,48)(H,49,50)/b6-5+. The largest absolute Gasteiger partial charge is 0.478 e. The third kappa shape index (κ3) is 7.02. The molecule has 0 amide bonds. The van der Waals surface area contributed by atoms with Crippen LogP contribution in [-0.2, 0) is 9.59 Å². The Labute approximate surface area is 255 Å². The highest BCUT2D eigenvalue weighted by Gasteiger charge is 2.92. The molecule has 0 aromatic rings. The molecule has 0 unspecified atom stereocenters. The van der Waals surface area contributed by atoms with Crippen LogP contribution in [0.1, 0.15) is 25.7 Å². The molecule has 0 aromatic carbocycles. The molecular formula is C20H10F26O4. The summed E-state index contributed by atoms with van der Waals surface area (Å²) in [7, 11) is 0. The number of aliphatic carboxylic acids is 2. The van der Waals surface area contributed by atoms with E-state index >= 15 is 0 Å². The van der Waals surface area contributed by atoms with Crippen molar-refractivity contribution < 1.29 is 134 Å². The SMILES string of the molecule is O=C(O)/C(CCC(F)(F)C(F)(F)C(F)(F)C(F)(F)C(F)(F)C(F)(F)F)=C(\CCC(F)(F)C(F)(F)C(F)(F)C(F)(F)C(F)(F)C(F)(F)F)C(=O)O. The maximum Gasteiger partial charge on any atom is 0.460 e. The fraction of sp³-hybridized carbons (Fsp3) is 0.800. The third-order valence-electron chi connectivity index (χ3n) is 6.26. The van der Waals surface area contributed by atoms with Gasteiger partial charge in [0, 0.05) is 24.0 Å². The lowest BCUT2D eigenvalue weighted by molar-refractivity contribution is -0.440. The highest BCUT2D eigenvalue weighted by atomic mass is 19.4. The van der Waals surface area contributed by atoms with Gasteiger partial charge in [0.2, 0.25) is 0 Å². The Kier molecular flexibility index (Phi) is 12.0. The smallest absolute Gasteiger partial charge is 0.460 e. The van der Waals surface area contributed by atoms with Crippen molar-refractivity contribution in [3.63, 3.8) is 0 Å². The van der Waals surface area contributed by atoms with Crippen molar-refractivity contribution in [2.24, 2.45) is 0 Å². The monoisotopic (exact) mass is 808 g/mol. The third-order valence-corrected chi connectivity index (χ3v) is 6.26. The van der Waals surface area contributed by atoms with Gasteiger partial charge < -0.3 is 10.2 Å². The van der Waals surface area contributed by atoms with Crippen molar-refractivity contribution in [1.82, 2.24) is 0 Å². The quantitative estimate of drug-likeness (QED) is 0.120. The molecule has 0 radical (unpaired) electrons. The zero-order valence-corrected chi connectivity index (χ0v) is 22.4. The van der Waals surface area contributed by atoms with Crippen molar-refractivity contribution in [3.8, 4) is 0 Å². The summed E-state index contributed by atoms with van der Waals surface area (Å²) in [5, 5.41) is 17.8. The van der Waals surface area contributed by atoms with Crippen LogP contribution >= 0.6 is 0 Å². The van der Waals surface area contributed by atoms with E-state index in [1.165, 1.54) is 0 Å². The molecule has 0 aliphatic carbocycles. The van der Waals surface area contributed by atoms with E-state index in [1.54, 1.807) is 0 Å². The molecule has 0 saturated heterocycles. The normalized spacial score (nSPS) is 16.4. The molecule has 0 aromatic heterocycles. The Morgan fingerprint density at radius 3 is 0.660 bits per heavy atom. The number of halogens is 26. The summed E-state index contributed by atoms with van der Waals surface area (Å²) >= 11 is 0. The van der Waals surface area contributed by atoms with Gasteiger partial charge in [-0.3, -0.25) is 0 Å². The lowest BCUT2D eigenvalue weighted by Crippen LogP contribution is -2.70. The average molecular weight is 808 g/mol. The van der Waals surface area contributed by atoms with Crippen LogP contribution in [0, 0.1) is 0 Å². The second kappa shape index (κ2) is 12.8. The first-order valence-corrected chi connectivity index (χ1v) is 11.4. The Balaban J connectivity index is 6.86. The highest BCUT2D eigenvalue weighted by Crippen LogP contribution is 2.62. The minimum Gasteiger partial charge on any atom is -0.478 e. The zero-order chi connectivity index (χ0) is 41.1. The van der Waals surface area contributed by atoms with Crippen LogP contribution in [-0.4, -0.2) is 93.7 Å². The van der Waals surface area contributed by atoms with Gasteiger partial charge in [-0.2, -0.15) is 114 Å². The second-order valence-electron chi connectivity index (χ2n) is 9.57. The highest BCUT2D eigenvalue weighted by molar-refractivity contribution is 5.98. The molecule has 0 spiro atoms. The van der Waals surface area contributed by atoms with Gasteiger partial charge in [-0.25, -0.2) is 9.59 Å². The lowest BCUT2D eigenvalue weighted by atomic mass is 9.88. The molecule has 50 heavy (non-hydrogen) atoms. The predicted octanol–water partition coefficient (Wildman–Crippen LogP) is 9.49. The van der Waals surface area contributed by atoms with Gasteiger partial charge in [-0.05, 0) is 12.8 Å². The summed E-state index contributed by atoms with van der Waals surface area (Å²) in [6.45, 7) is 0. The van der Waals surface area contributed by atoms with E-state index in [2.05, 4.69) is 0 Å². The van der Waals surface area contributed by atoms with Crippen LogP contribution in [0.4, 0.5) is 114 Å². The first-order chi connectivity index (χ1) is 21.3. The minimum atomic E-state index is -8.48. The summed E-state index contributed by atoms with van der Waals surface area (Å²) in [6.07, 6.45) is -28.8. The molecule has 0 atom stereocenters. The van der Waals surface area contributed by atoms with E-state index in [4.69, 9.17) is 10.2 Å². The summed E-state index contributed by atoms with van der Waals surface area (Å²) in [5.41, 5.74) is -5.41. The van der Waals surface area contributed by atoms with Gasteiger partial charge in [-0.1, -0.05) is 0 Å². The number of rotatable bonds is 16. The number of carbonyl (C=O) groups is 2. The van der Waals surface area contributed by atoms with Crippen molar-refractivity contribution in [1.29, 1.82) is 0 Å². The van der Waals surface area contributed by atoms with Gasteiger partial charge in [0.15, 0.2) is 0 Å². The van der Waals surface area contributed by atoms with E-state index < -0.39 is 120 Å². The van der Waals surface area contributed by atoms with Crippen LogP contribution in [0.3, 0.4) is 0 Å². The van der Waals surface area contributed by atoms with Gasteiger partial charge >= 0.3 is 83.5 Å². The van der Waals surface area contributed by atoms with Gasteiger partial charge in [0.25, 0.3) is 0 Å². The summed E-state index contributed by atoms with van der Waals surface area (Å²) in [4.78, 5) is 22.5. The Hall–Kier alpha value is -3.14. The Morgan fingerprint density at radius 1 is 0.320 bits per heavy atom. The maximum absolute atomic E-state index is 14.0. The first-order valence-electron chi connectivity index (χ1n) is 11.4. The Morgan fingerprint density at radius 2 is 0.500 bits per heavy atom. The molecule has 0 aliphatic rings. The predicted molar refractivity (Wildman–Crippen MR) is 102 cm³/mol. The summed E-state index contributed by atoms with van der Waals surface area (Å²) in [6, 6.07) is 0. The van der Waals surface area contributed by atoms with E-state index in [0.717, 1.165) is 0 Å². The molecule has 0 saturated carbocycles. The van der Waals surface area contributed by atoms with Crippen molar-refractivity contribution in [2.75, 3.05) is 0 Å². The molecule has 296 valence electrons. The molecular weight excluding hydrogens is 798 g/mol. The van der Waals surface area contributed by atoms with Gasteiger partial charge in [0.1, 0.15) is 0 Å². The van der Waals surface area contributed by atoms with Crippen LogP contribution in [0.5, 0.6) is 0 Å². The van der Waals surface area contributed by atoms with E-state index in [9.17, 15) is 124 Å². The minimum absolute atomic E-state index is 2.71. The number of hydrogen-bond acceptors (Lipinski definition) is 2. The first kappa shape index (κ1) is 46.9. The molecule has 30 heteroatoms. The number of carboxylic acids is 2.